The Balaban J connectivity index is 6.37. The van der Waals surface area contributed by atoms with E-state index in [-0.39, 0.29) is 0 Å². The zero-order chi connectivity index (χ0) is 14.5. The molecule has 0 unspecified atom stereocenters. The molecule has 17 heavy (non-hydrogen) atoms. The summed E-state index contributed by atoms with van der Waals surface area (Å²) in [6.07, 6.45) is 0. The lowest BCUT2D eigenvalue weighted by Crippen LogP contribution is -2.86. The van der Waals surface area contributed by atoms with Gasteiger partial charge >= 0.3 is 0 Å². The van der Waals surface area contributed by atoms with E-state index in [1.165, 1.54) is 0 Å². The van der Waals surface area contributed by atoms with Crippen LogP contribution in [0.1, 0.15) is 20.8 Å². The number of hydrogen-bond acceptors (Lipinski definition) is 0. The summed E-state index contributed by atoms with van der Waals surface area (Å²) in [5.74, 6) is 0. The van der Waals surface area contributed by atoms with Crippen molar-refractivity contribution >= 4 is 29.4 Å². The van der Waals surface area contributed by atoms with Gasteiger partial charge in [-0.15, -0.1) is 0 Å². The van der Waals surface area contributed by atoms with E-state index in [0.29, 0.717) is 5.04 Å². The van der Waals surface area contributed by atoms with Gasteiger partial charge in [0, 0.05) is 29.4 Å². The first-order chi connectivity index (χ1) is 7.00. The summed E-state index contributed by atoms with van der Waals surface area (Å²) in [6.45, 7) is 30.7. The van der Waals surface area contributed by atoms with E-state index in [9.17, 15) is 0 Å². The standard InChI is InChI=1S/C13H36Si4/c1-13(2,3)17(14(4,5)6,15(7,8)9)16(10,11)12/h1-12H3. The Labute approximate surface area is 114 Å². The van der Waals surface area contributed by atoms with Crippen molar-refractivity contribution in [2.75, 3.05) is 0 Å². The van der Waals surface area contributed by atoms with Gasteiger partial charge in [-0.2, -0.15) is 0 Å². The Morgan fingerprint density at radius 3 is 0.647 bits per heavy atom. The van der Waals surface area contributed by atoms with Crippen LogP contribution in [0.5, 0.6) is 0 Å². The van der Waals surface area contributed by atoms with E-state index in [2.05, 4.69) is 79.7 Å². The third-order valence-corrected chi connectivity index (χ3v) is 81.0. The highest BCUT2D eigenvalue weighted by molar-refractivity contribution is 7.90. The third kappa shape index (κ3) is 2.74. The second-order valence-electron chi connectivity index (χ2n) is 9.75. The Hall–Kier alpha value is 0.868. The van der Waals surface area contributed by atoms with Crippen molar-refractivity contribution in [1.29, 1.82) is 0 Å². The molecule has 0 nitrogen and oxygen atoms in total. The van der Waals surface area contributed by atoms with Crippen LogP contribution >= 0.6 is 0 Å². The minimum Gasteiger partial charge on any atom is -0.0718 e. The molecule has 0 aromatic carbocycles. The quantitative estimate of drug-likeness (QED) is 0.605. The Bertz CT molecular complexity index is 206. The Kier molecular flexibility index (Phi) is 4.68. The molecule has 0 saturated heterocycles. The maximum atomic E-state index is 2.68. The van der Waals surface area contributed by atoms with Crippen LogP contribution < -0.4 is 0 Å². The van der Waals surface area contributed by atoms with Gasteiger partial charge in [-0.05, 0) is 5.04 Å². The van der Waals surface area contributed by atoms with Crippen LogP contribution in [-0.2, 0) is 0 Å². The maximum Gasteiger partial charge on any atom is 0.0431 e. The largest absolute Gasteiger partial charge is 0.0718 e. The zero-order valence-electron chi connectivity index (χ0n) is 14.5. The second kappa shape index (κ2) is 4.46. The van der Waals surface area contributed by atoms with Crippen LogP contribution in [0.25, 0.3) is 0 Å². The third-order valence-electron chi connectivity index (χ3n) is 4.50. The summed E-state index contributed by atoms with van der Waals surface area (Å²) in [5, 5.41) is 0.590. The first kappa shape index (κ1) is 17.9. The van der Waals surface area contributed by atoms with Crippen LogP contribution in [0.4, 0.5) is 0 Å². The zero-order valence-corrected chi connectivity index (χ0v) is 18.5. The van der Waals surface area contributed by atoms with Gasteiger partial charge in [0.25, 0.3) is 0 Å². The number of hydrogen-bond donors (Lipinski definition) is 0. The van der Waals surface area contributed by atoms with Crippen LogP contribution in [0.2, 0.25) is 64.0 Å². The van der Waals surface area contributed by atoms with Crippen molar-refractivity contribution in [3.63, 3.8) is 0 Å². The molecule has 0 aromatic heterocycles. The number of rotatable bonds is 3. The molecular formula is C13H36Si4. The summed E-state index contributed by atoms with van der Waals surface area (Å²) in [6, 6.07) is 0. The predicted octanol–water partition coefficient (Wildman–Crippen LogP) is 5.49. The van der Waals surface area contributed by atoms with Gasteiger partial charge in [-0.1, -0.05) is 79.7 Å². The van der Waals surface area contributed by atoms with Crippen LogP contribution in [0.3, 0.4) is 0 Å². The van der Waals surface area contributed by atoms with Gasteiger partial charge in [0.1, 0.15) is 0 Å². The molecule has 0 bridgehead atoms. The molecule has 0 radical (unpaired) electrons. The van der Waals surface area contributed by atoms with Crippen molar-refractivity contribution < 1.29 is 0 Å². The Morgan fingerprint density at radius 2 is 0.647 bits per heavy atom. The smallest absolute Gasteiger partial charge is 0.0431 e. The van der Waals surface area contributed by atoms with Gasteiger partial charge in [-0.25, -0.2) is 0 Å². The van der Waals surface area contributed by atoms with E-state index in [1.807, 2.05) is 0 Å². The lowest BCUT2D eigenvalue weighted by atomic mass is 10.3. The minimum atomic E-state index is -1.19. The molecule has 0 aromatic rings. The summed E-state index contributed by atoms with van der Waals surface area (Å²) in [5.41, 5.74) is 0. The molecule has 0 atom stereocenters. The molecule has 0 aliphatic carbocycles. The van der Waals surface area contributed by atoms with E-state index < -0.39 is 29.4 Å². The van der Waals surface area contributed by atoms with Gasteiger partial charge in [0.15, 0.2) is 0 Å². The highest BCUT2D eigenvalue weighted by Gasteiger charge is 2.66. The van der Waals surface area contributed by atoms with Gasteiger partial charge in [-0.3, -0.25) is 0 Å². The SMILES string of the molecule is CC(C)(C)[Si]([Si](C)(C)C)([Si](C)(C)C)[Si](C)(C)C. The fourth-order valence-electron chi connectivity index (χ4n) is 6.75. The molecule has 0 aliphatic heterocycles. The van der Waals surface area contributed by atoms with E-state index in [4.69, 9.17) is 0 Å². The molecule has 0 saturated carbocycles. The van der Waals surface area contributed by atoms with Gasteiger partial charge in [0.05, 0.1) is 0 Å². The lowest BCUT2D eigenvalue weighted by Gasteiger charge is -2.64. The molecule has 0 spiro atoms. The van der Waals surface area contributed by atoms with Crippen LogP contribution in [-0.4, -0.2) is 29.4 Å². The fraction of sp³-hybridized carbons (Fsp3) is 1.00. The normalized spacial score (nSPS) is 16.2. The van der Waals surface area contributed by atoms with E-state index in [0.717, 1.165) is 0 Å². The van der Waals surface area contributed by atoms with Crippen molar-refractivity contribution in [2.45, 2.75) is 84.7 Å². The van der Waals surface area contributed by atoms with Gasteiger partial charge < -0.3 is 0 Å². The predicted molar refractivity (Wildman–Crippen MR) is 95.5 cm³/mol. The molecule has 104 valence electrons. The minimum absolute atomic E-state index is 0.590. The van der Waals surface area contributed by atoms with Gasteiger partial charge in [0.2, 0.25) is 0 Å². The first-order valence-electron chi connectivity index (χ1n) is 7.00. The van der Waals surface area contributed by atoms with Crippen molar-refractivity contribution in [2.24, 2.45) is 0 Å². The topological polar surface area (TPSA) is 0 Å². The molecule has 0 heterocycles. The van der Waals surface area contributed by atoms with Crippen molar-refractivity contribution in [3.05, 3.63) is 0 Å². The average molecular weight is 305 g/mol. The monoisotopic (exact) mass is 304 g/mol. The summed E-state index contributed by atoms with van der Waals surface area (Å²) in [4.78, 5) is 0. The van der Waals surface area contributed by atoms with E-state index >= 15 is 0 Å². The summed E-state index contributed by atoms with van der Waals surface area (Å²) >= 11 is 0. The molecule has 0 amide bonds. The van der Waals surface area contributed by atoms with Crippen LogP contribution in [0.15, 0.2) is 0 Å². The molecule has 0 aliphatic rings. The highest BCUT2D eigenvalue weighted by Crippen LogP contribution is 2.51. The molecule has 0 rings (SSSR count). The summed E-state index contributed by atoms with van der Waals surface area (Å²) < 4.78 is 0. The second-order valence-corrected chi connectivity index (χ2v) is 51.0. The van der Waals surface area contributed by atoms with Crippen LogP contribution in [0, 0.1) is 0 Å². The fourth-order valence-corrected chi connectivity index (χ4v) is 122. The Morgan fingerprint density at radius 1 is 0.471 bits per heavy atom. The summed E-state index contributed by atoms with van der Waals surface area (Å²) in [7, 11) is -3.24. The molecular weight excluding hydrogens is 268 g/mol. The maximum absolute atomic E-state index is 2.68. The van der Waals surface area contributed by atoms with Crippen molar-refractivity contribution in [1.82, 2.24) is 0 Å². The van der Waals surface area contributed by atoms with Crippen molar-refractivity contribution in [3.8, 4) is 0 Å². The first-order valence-corrected chi connectivity index (χ1v) is 22.5. The highest BCUT2D eigenvalue weighted by atomic mass is 29.9. The van der Waals surface area contributed by atoms with E-state index in [1.54, 1.807) is 0 Å². The lowest BCUT2D eigenvalue weighted by molar-refractivity contribution is 0.747. The molecule has 4 heteroatoms. The molecule has 0 fully saturated rings. The molecule has 0 N–H and O–H groups in total. The average Bonchev–Trinajstić information content (AvgIpc) is 1.67.